The summed E-state index contributed by atoms with van der Waals surface area (Å²) < 4.78 is 29.2. The van der Waals surface area contributed by atoms with Crippen LogP contribution in [0.15, 0.2) is 63.4 Å². The zero-order valence-corrected chi connectivity index (χ0v) is 25.5. The molecule has 1 aliphatic carbocycles. The highest BCUT2D eigenvalue weighted by Crippen LogP contribution is 2.46. The molecule has 40 heavy (non-hydrogen) atoms. The lowest BCUT2D eigenvalue weighted by Crippen LogP contribution is -2.34. The Morgan fingerprint density at radius 2 is 1.93 bits per heavy atom. The number of para-hydroxylation sites is 1. The normalized spacial score (nSPS) is 19.1. The van der Waals surface area contributed by atoms with Gasteiger partial charge in [-0.25, -0.2) is 8.42 Å². The molecular formula is C30H36BrN5O3S. The van der Waals surface area contributed by atoms with Crippen molar-refractivity contribution in [2.24, 2.45) is 5.92 Å². The van der Waals surface area contributed by atoms with Gasteiger partial charge in [-0.2, -0.15) is 5.26 Å². The number of nitrogens with one attached hydrogen (secondary N) is 3. The van der Waals surface area contributed by atoms with E-state index < -0.39 is 15.9 Å². The number of dihydropyridines is 1. The fourth-order valence-electron chi connectivity index (χ4n) is 5.63. The Balaban J connectivity index is 1.83. The van der Waals surface area contributed by atoms with Crippen molar-refractivity contribution in [3.63, 3.8) is 0 Å². The summed E-state index contributed by atoms with van der Waals surface area (Å²) in [6, 6.07) is 13.4. The number of ketones is 1. The lowest BCUT2D eigenvalue weighted by atomic mass is 9.72. The number of nitrogen functional groups attached to an aromatic ring is 1. The largest absolute Gasteiger partial charge is 0.398 e. The third-order valence-electron chi connectivity index (χ3n) is 7.42. The molecule has 0 bridgehead atoms. The topological polar surface area (TPSA) is 137 Å². The Labute approximate surface area is 245 Å². The summed E-state index contributed by atoms with van der Waals surface area (Å²) in [4.78, 5) is 13.5. The van der Waals surface area contributed by atoms with E-state index in [0.29, 0.717) is 63.3 Å². The fraction of sp³-hybridized carbons (Fsp3) is 0.400. The fourth-order valence-corrected chi connectivity index (χ4v) is 7.39. The lowest BCUT2D eigenvalue weighted by Gasteiger charge is -2.36. The average molecular weight is 627 g/mol. The number of carbonyl (C=O) groups excluding carboxylic acids is 1. The third kappa shape index (κ3) is 6.37. The van der Waals surface area contributed by atoms with Crippen molar-refractivity contribution >= 4 is 48.8 Å². The first-order valence-corrected chi connectivity index (χ1v) is 16.1. The van der Waals surface area contributed by atoms with Gasteiger partial charge in [0, 0.05) is 40.1 Å². The van der Waals surface area contributed by atoms with Gasteiger partial charge in [-0.1, -0.05) is 38.5 Å². The number of Topliss-reactive ketones (excluding diaryl/α,β-unsaturated/α-hetero) is 1. The van der Waals surface area contributed by atoms with Crippen LogP contribution in [0.25, 0.3) is 0 Å². The van der Waals surface area contributed by atoms with Gasteiger partial charge in [-0.15, -0.1) is 0 Å². The Bertz CT molecular complexity index is 1520. The Morgan fingerprint density at radius 3 is 2.60 bits per heavy atom. The minimum atomic E-state index is -3.64. The number of nitrogens with two attached hydrogens (primary N) is 1. The minimum absolute atomic E-state index is 0.0310. The summed E-state index contributed by atoms with van der Waals surface area (Å²) >= 11 is 3.65. The standard InChI is InChI=1S/C30H36BrN5O3S/c1-4-8-19-12-25-29(27(37)13-19)28(22(16-32)18(3)35-25)21-14-23(31)30(26(15-21)36-40(38,39)11-5-2)34-17-20-9-6-7-10-24(20)33/h6-7,9-10,14-15,19,28,34-36H,4-5,8,11-13,17,33H2,1-3H3. The predicted molar refractivity (Wildman–Crippen MR) is 164 cm³/mol. The molecule has 0 amide bonds. The zero-order valence-electron chi connectivity index (χ0n) is 23.1. The second kappa shape index (κ2) is 12.5. The smallest absolute Gasteiger partial charge is 0.232 e. The van der Waals surface area contributed by atoms with Crippen molar-refractivity contribution in [2.45, 2.75) is 65.3 Å². The van der Waals surface area contributed by atoms with Crippen molar-refractivity contribution in [3.05, 3.63) is 74.5 Å². The van der Waals surface area contributed by atoms with Crippen LogP contribution in [0.3, 0.4) is 0 Å². The van der Waals surface area contributed by atoms with Gasteiger partial charge in [0.25, 0.3) is 0 Å². The number of halogens is 1. The SMILES string of the molecule is CCCC1CC(=O)C2=C(C1)NC(C)=C(C#N)C2c1cc(Br)c(NCc2ccccc2N)c(NS(=O)(=O)CCC)c1. The van der Waals surface area contributed by atoms with E-state index in [4.69, 9.17) is 5.73 Å². The van der Waals surface area contributed by atoms with E-state index in [1.165, 1.54) is 0 Å². The van der Waals surface area contributed by atoms with E-state index in [1.54, 1.807) is 13.0 Å². The summed E-state index contributed by atoms with van der Waals surface area (Å²) in [6.45, 7) is 6.14. The van der Waals surface area contributed by atoms with Crippen LogP contribution in [0, 0.1) is 17.2 Å². The van der Waals surface area contributed by atoms with E-state index in [0.717, 1.165) is 30.5 Å². The Hall–Kier alpha value is -3.29. The number of hydrogen-bond donors (Lipinski definition) is 4. The van der Waals surface area contributed by atoms with Crippen LogP contribution >= 0.6 is 15.9 Å². The third-order valence-corrected chi connectivity index (χ3v) is 9.53. The molecule has 10 heteroatoms. The van der Waals surface area contributed by atoms with Gasteiger partial charge in [0.1, 0.15) is 0 Å². The molecule has 0 aromatic heterocycles. The highest BCUT2D eigenvalue weighted by Gasteiger charge is 2.39. The summed E-state index contributed by atoms with van der Waals surface area (Å²) in [5, 5.41) is 16.8. The second-order valence-electron chi connectivity index (χ2n) is 10.5. The number of hydrogen-bond acceptors (Lipinski definition) is 7. The molecule has 5 N–H and O–H groups in total. The Kier molecular flexibility index (Phi) is 9.26. The molecule has 1 heterocycles. The second-order valence-corrected chi connectivity index (χ2v) is 13.2. The molecule has 4 rings (SSSR count). The molecule has 0 saturated carbocycles. The molecule has 8 nitrogen and oxygen atoms in total. The highest BCUT2D eigenvalue weighted by atomic mass is 79.9. The van der Waals surface area contributed by atoms with Gasteiger partial charge in [0.05, 0.1) is 34.7 Å². The maximum absolute atomic E-state index is 13.5. The number of carbonyl (C=O) groups is 1. The predicted octanol–water partition coefficient (Wildman–Crippen LogP) is 6.31. The van der Waals surface area contributed by atoms with Crippen LogP contribution < -0.4 is 21.1 Å². The number of benzene rings is 2. The molecule has 2 aromatic rings. The molecular weight excluding hydrogens is 590 g/mol. The number of nitrogens with zero attached hydrogens (tertiary/aromatic N) is 1. The Morgan fingerprint density at radius 1 is 1.18 bits per heavy atom. The van der Waals surface area contributed by atoms with Gasteiger partial charge in [0.2, 0.25) is 10.0 Å². The van der Waals surface area contributed by atoms with Crippen LogP contribution in [0.2, 0.25) is 0 Å². The molecule has 1 aliphatic heterocycles. The molecule has 2 aliphatic rings. The maximum Gasteiger partial charge on any atom is 0.232 e. The van der Waals surface area contributed by atoms with Crippen molar-refractivity contribution in [1.29, 1.82) is 5.26 Å². The van der Waals surface area contributed by atoms with Crippen molar-refractivity contribution in [2.75, 3.05) is 21.5 Å². The molecule has 0 fully saturated rings. The summed E-state index contributed by atoms with van der Waals surface area (Å²) in [5.41, 5.74) is 11.8. The van der Waals surface area contributed by atoms with E-state index in [-0.39, 0.29) is 17.5 Å². The van der Waals surface area contributed by atoms with E-state index in [1.807, 2.05) is 37.3 Å². The van der Waals surface area contributed by atoms with Crippen molar-refractivity contribution in [1.82, 2.24) is 5.32 Å². The van der Waals surface area contributed by atoms with Gasteiger partial charge in [-0.3, -0.25) is 9.52 Å². The number of anilines is 3. The number of allylic oxidation sites excluding steroid dienone is 4. The highest BCUT2D eigenvalue weighted by molar-refractivity contribution is 9.10. The molecule has 2 atom stereocenters. The number of sulfonamides is 1. The van der Waals surface area contributed by atoms with E-state index >= 15 is 0 Å². The van der Waals surface area contributed by atoms with Gasteiger partial charge in [-0.05, 0) is 77.4 Å². The monoisotopic (exact) mass is 625 g/mol. The van der Waals surface area contributed by atoms with Gasteiger partial charge in [0.15, 0.2) is 5.78 Å². The zero-order chi connectivity index (χ0) is 29.0. The molecule has 0 spiro atoms. The average Bonchev–Trinajstić information content (AvgIpc) is 2.88. The molecule has 212 valence electrons. The first-order valence-electron chi connectivity index (χ1n) is 13.6. The summed E-state index contributed by atoms with van der Waals surface area (Å²) in [6.07, 6.45) is 3.61. The quantitative estimate of drug-likeness (QED) is 0.227. The van der Waals surface area contributed by atoms with E-state index in [2.05, 4.69) is 44.3 Å². The number of nitriles is 1. The molecule has 2 unspecified atom stereocenters. The van der Waals surface area contributed by atoms with Crippen LogP contribution in [0.4, 0.5) is 17.1 Å². The van der Waals surface area contributed by atoms with Crippen LogP contribution in [0.5, 0.6) is 0 Å². The minimum Gasteiger partial charge on any atom is -0.398 e. The number of rotatable bonds is 10. The van der Waals surface area contributed by atoms with Crippen LogP contribution in [-0.4, -0.2) is 20.0 Å². The summed E-state index contributed by atoms with van der Waals surface area (Å²) in [7, 11) is -3.64. The molecule has 2 aromatic carbocycles. The molecule has 0 saturated heterocycles. The maximum atomic E-state index is 13.5. The summed E-state index contributed by atoms with van der Waals surface area (Å²) in [5.74, 6) is -0.340. The van der Waals surface area contributed by atoms with Gasteiger partial charge < -0.3 is 16.4 Å². The van der Waals surface area contributed by atoms with E-state index in [9.17, 15) is 18.5 Å². The lowest BCUT2D eigenvalue weighted by molar-refractivity contribution is -0.117. The first-order chi connectivity index (χ1) is 19.1. The van der Waals surface area contributed by atoms with Gasteiger partial charge >= 0.3 is 0 Å². The van der Waals surface area contributed by atoms with Crippen molar-refractivity contribution in [3.8, 4) is 6.07 Å². The molecule has 0 radical (unpaired) electrons. The first kappa shape index (κ1) is 29.7. The van der Waals surface area contributed by atoms with Crippen molar-refractivity contribution < 1.29 is 13.2 Å². The van der Waals surface area contributed by atoms with Crippen LogP contribution in [0.1, 0.15) is 69.9 Å². The van der Waals surface area contributed by atoms with Crippen LogP contribution in [-0.2, 0) is 21.4 Å².